The number of likely N-dealkylation sites (N-methyl/N-ethyl adjacent to an activating group) is 1. The zero-order chi connectivity index (χ0) is 15.2. The summed E-state index contributed by atoms with van der Waals surface area (Å²) in [6, 6.07) is 0. The van der Waals surface area contributed by atoms with Crippen molar-refractivity contribution < 1.29 is 13.7 Å². The van der Waals surface area contributed by atoms with Gasteiger partial charge in [-0.3, -0.25) is 0 Å². The third kappa shape index (κ3) is 2.76. The van der Waals surface area contributed by atoms with Crippen LogP contribution in [-0.4, -0.2) is 75.5 Å². The number of ether oxygens (including phenoxy) is 1. The number of allylic oxidation sites excluding steroid dienone is 2. The Labute approximate surface area is 136 Å². The molecule has 3 nitrogen and oxygen atoms in total. The molecule has 2 bridgehead atoms. The minimum atomic E-state index is 0.916. The second kappa shape index (κ2) is 5.61. The zero-order valence-corrected chi connectivity index (χ0v) is 14.5. The predicted octanol–water partition coefficient (Wildman–Crippen LogP) is 2.14. The van der Waals surface area contributed by atoms with Crippen molar-refractivity contribution in [1.29, 1.82) is 0 Å². The molecule has 0 spiro atoms. The van der Waals surface area contributed by atoms with Crippen molar-refractivity contribution in [1.82, 2.24) is 0 Å². The van der Waals surface area contributed by atoms with Crippen LogP contribution in [0.15, 0.2) is 12.2 Å². The SMILES string of the molecule is C[N+]1(CCC[N+]2(C)C[C@@H]3[C@H](C2)[C@H]2C=C[C@H]3CC2)CCOCC1. The van der Waals surface area contributed by atoms with Gasteiger partial charge < -0.3 is 13.7 Å². The molecule has 0 aromatic carbocycles. The van der Waals surface area contributed by atoms with Crippen molar-refractivity contribution in [2.75, 3.05) is 66.6 Å². The quantitative estimate of drug-likeness (QED) is 0.571. The van der Waals surface area contributed by atoms with E-state index >= 15 is 0 Å². The molecule has 1 unspecified atom stereocenters. The minimum Gasteiger partial charge on any atom is -0.370 e. The molecule has 5 aliphatic rings. The topological polar surface area (TPSA) is 9.23 Å². The maximum Gasteiger partial charge on any atom is 0.102 e. The van der Waals surface area contributed by atoms with Crippen LogP contribution in [0.25, 0.3) is 0 Å². The van der Waals surface area contributed by atoms with Crippen molar-refractivity contribution in [2.45, 2.75) is 19.3 Å². The van der Waals surface area contributed by atoms with Crippen LogP contribution in [0.3, 0.4) is 0 Å². The van der Waals surface area contributed by atoms with Gasteiger partial charge in [0.25, 0.3) is 0 Å². The smallest absolute Gasteiger partial charge is 0.102 e. The highest BCUT2D eigenvalue weighted by molar-refractivity contribution is 5.10. The number of fused-ring (bicyclic) bond motifs is 1. The van der Waals surface area contributed by atoms with Crippen LogP contribution in [0, 0.1) is 23.7 Å². The standard InChI is InChI=1S/C19H34N2O/c1-20(10-12-22-13-11-20)8-3-9-21(2)14-18-16-4-5-17(7-6-16)19(18)15-21/h4-5,16-19H,3,6-15H2,1-2H3/q+2/t16-,17-,18-,19+,21?/m0/s1. The van der Waals surface area contributed by atoms with Gasteiger partial charge in [0.1, 0.15) is 13.1 Å². The van der Waals surface area contributed by atoms with Crippen molar-refractivity contribution in [3.63, 3.8) is 0 Å². The summed E-state index contributed by atoms with van der Waals surface area (Å²) < 4.78 is 8.12. The Morgan fingerprint density at radius 3 is 1.95 bits per heavy atom. The monoisotopic (exact) mass is 306 g/mol. The number of morpholine rings is 1. The maximum atomic E-state index is 5.53. The third-order valence-electron chi connectivity index (χ3n) is 7.34. The van der Waals surface area contributed by atoms with Gasteiger partial charge in [0, 0.05) is 18.3 Å². The van der Waals surface area contributed by atoms with E-state index in [1.165, 1.54) is 67.5 Å². The van der Waals surface area contributed by atoms with Gasteiger partial charge in [-0.1, -0.05) is 12.2 Å². The van der Waals surface area contributed by atoms with E-state index in [4.69, 9.17) is 4.74 Å². The van der Waals surface area contributed by atoms with Crippen LogP contribution >= 0.6 is 0 Å². The van der Waals surface area contributed by atoms with Gasteiger partial charge in [-0.15, -0.1) is 0 Å². The molecule has 3 fully saturated rings. The molecule has 0 radical (unpaired) electrons. The van der Waals surface area contributed by atoms with Gasteiger partial charge in [0.15, 0.2) is 0 Å². The maximum absolute atomic E-state index is 5.53. The van der Waals surface area contributed by atoms with Gasteiger partial charge in [-0.05, 0) is 24.7 Å². The summed E-state index contributed by atoms with van der Waals surface area (Å²) in [6.45, 7) is 9.97. The predicted molar refractivity (Wildman–Crippen MR) is 89.3 cm³/mol. The van der Waals surface area contributed by atoms with E-state index in [1.54, 1.807) is 0 Å². The number of hydrogen-bond acceptors (Lipinski definition) is 1. The second-order valence-electron chi connectivity index (χ2n) is 9.08. The fraction of sp³-hybridized carbons (Fsp3) is 0.895. The van der Waals surface area contributed by atoms with Gasteiger partial charge in [-0.2, -0.15) is 0 Å². The molecule has 5 rings (SSSR count). The van der Waals surface area contributed by atoms with Crippen LogP contribution in [0.2, 0.25) is 0 Å². The van der Waals surface area contributed by atoms with Crippen LogP contribution in [0.5, 0.6) is 0 Å². The largest absolute Gasteiger partial charge is 0.370 e. The number of nitrogens with zero attached hydrogens (tertiary/aromatic N) is 2. The van der Waals surface area contributed by atoms with E-state index in [1.807, 2.05) is 0 Å². The number of likely N-dealkylation sites (tertiary alicyclic amines) is 1. The van der Waals surface area contributed by atoms with Crippen LogP contribution in [0.4, 0.5) is 0 Å². The third-order valence-corrected chi connectivity index (χ3v) is 7.34. The van der Waals surface area contributed by atoms with Crippen LogP contribution in [-0.2, 0) is 4.74 Å². The fourth-order valence-electron chi connectivity index (χ4n) is 5.87. The lowest BCUT2D eigenvalue weighted by Crippen LogP contribution is -2.53. The molecule has 0 amide bonds. The first-order chi connectivity index (χ1) is 10.6. The molecule has 2 saturated heterocycles. The van der Waals surface area contributed by atoms with Gasteiger partial charge in [0.2, 0.25) is 0 Å². The average Bonchev–Trinajstić information content (AvgIpc) is 2.88. The van der Waals surface area contributed by atoms with E-state index in [0.717, 1.165) is 36.9 Å². The summed E-state index contributed by atoms with van der Waals surface area (Å²) >= 11 is 0. The summed E-state index contributed by atoms with van der Waals surface area (Å²) in [6.07, 6.45) is 9.44. The van der Waals surface area contributed by atoms with Crippen molar-refractivity contribution in [3.05, 3.63) is 12.2 Å². The lowest BCUT2D eigenvalue weighted by molar-refractivity contribution is -0.928. The Morgan fingerprint density at radius 1 is 0.864 bits per heavy atom. The molecule has 0 aromatic heterocycles. The number of hydrogen-bond donors (Lipinski definition) is 0. The van der Waals surface area contributed by atoms with Gasteiger partial charge >= 0.3 is 0 Å². The normalized spacial score (nSPS) is 45.9. The molecule has 2 heterocycles. The van der Waals surface area contributed by atoms with E-state index < -0.39 is 0 Å². The summed E-state index contributed by atoms with van der Waals surface area (Å²) in [5, 5.41) is 0. The lowest BCUT2D eigenvalue weighted by atomic mass is 9.64. The summed E-state index contributed by atoms with van der Waals surface area (Å²) in [5.41, 5.74) is 0. The Morgan fingerprint density at radius 2 is 1.41 bits per heavy atom. The van der Waals surface area contributed by atoms with Crippen molar-refractivity contribution in [2.24, 2.45) is 23.7 Å². The van der Waals surface area contributed by atoms with Crippen molar-refractivity contribution >= 4 is 0 Å². The van der Waals surface area contributed by atoms with E-state index in [-0.39, 0.29) is 0 Å². The van der Waals surface area contributed by atoms with Crippen LogP contribution < -0.4 is 0 Å². The van der Waals surface area contributed by atoms with Crippen molar-refractivity contribution in [3.8, 4) is 0 Å². The summed E-state index contributed by atoms with van der Waals surface area (Å²) in [7, 11) is 4.97. The summed E-state index contributed by atoms with van der Waals surface area (Å²) in [5.74, 6) is 3.83. The van der Waals surface area contributed by atoms with E-state index in [0.29, 0.717) is 0 Å². The highest BCUT2D eigenvalue weighted by Gasteiger charge is 2.51. The Balaban J connectivity index is 1.32. The lowest BCUT2D eigenvalue weighted by Gasteiger charge is -2.38. The fourth-order valence-corrected chi connectivity index (χ4v) is 5.87. The molecule has 22 heavy (non-hydrogen) atoms. The highest BCUT2D eigenvalue weighted by atomic mass is 16.5. The molecular weight excluding hydrogens is 272 g/mol. The molecule has 3 heteroatoms. The average molecular weight is 306 g/mol. The van der Waals surface area contributed by atoms with Crippen LogP contribution in [0.1, 0.15) is 19.3 Å². The first-order valence-electron chi connectivity index (χ1n) is 9.50. The van der Waals surface area contributed by atoms with E-state index in [2.05, 4.69) is 26.2 Å². The van der Waals surface area contributed by atoms with E-state index in [9.17, 15) is 0 Å². The first-order valence-corrected chi connectivity index (χ1v) is 9.50. The molecule has 1 saturated carbocycles. The van der Waals surface area contributed by atoms with Gasteiger partial charge in [0.05, 0.1) is 53.5 Å². The van der Waals surface area contributed by atoms with Gasteiger partial charge in [-0.25, -0.2) is 0 Å². The molecule has 0 aromatic rings. The Kier molecular flexibility index (Phi) is 3.87. The Hall–Kier alpha value is -0.380. The number of rotatable bonds is 4. The molecule has 3 aliphatic carbocycles. The highest BCUT2D eigenvalue weighted by Crippen LogP contribution is 2.49. The zero-order valence-electron chi connectivity index (χ0n) is 14.5. The minimum absolute atomic E-state index is 0.916. The molecule has 124 valence electrons. The Bertz CT molecular complexity index is 419. The second-order valence-corrected chi connectivity index (χ2v) is 9.08. The first kappa shape index (κ1) is 15.2. The number of quaternary nitrogens is 2. The molecule has 5 atom stereocenters. The summed E-state index contributed by atoms with van der Waals surface area (Å²) in [4.78, 5) is 0. The molecule has 0 N–H and O–H groups in total. The molecule has 2 aliphatic heterocycles. The molecular formula is C19H34N2O+2.